The molecule has 0 spiro atoms. The van der Waals surface area contributed by atoms with Crippen molar-refractivity contribution in [1.29, 1.82) is 0 Å². The summed E-state index contributed by atoms with van der Waals surface area (Å²) in [6, 6.07) is 0. The molecule has 6 heteroatoms. The van der Waals surface area contributed by atoms with Crippen LogP contribution in [0.1, 0.15) is 220 Å². The Bertz CT molecular complexity index is 1260. The largest absolute Gasteiger partial charge is 0.462 e. The highest BCUT2D eigenvalue weighted by molar-refractivity contribution is 5.71. The molecule has 0 saturated heterocycles. The van der Waals surface area contributed by atoms with Gasteiger partial charge in [-0.3, -0.25) is 14.4 Å². The van der Waals surface area contributed by atoms with Crippen molar-refractivity contribution in [2.75, 3.05) is 13.2 Å². The molecule has 0 aliphatic heterocycles. The molecule has 6 nitrogen and oxygen atoms in total. The first-order valence-electron chi connectivity index (χ1n) is 25.3. The zero-order valence-electron chi connectivity index (χ0n) is 40.1. The maximum Gasteiger partial charge on any atom is 0.306 e. The maximum absolute atomic E-state index is 12.7. The third kappa shape index (κ3) is 47.4. The second kappa shape index (κ2) is 50.0. The van der Waals surface area contributed by atoms with E-state index in [2.05, 4.69) is 63.3 Å². The van der Waals surface area contributed by atoms with Gasteiger partial charge >= 0.3 is 17.9 Å². The Labute approximate surface area is 381 Å². The van der Waals surface area contributed by atoms with Crippen molar-refractivity contribution in [2.24, 2.45) is 0 Å². The fourth-order valence-electron chi connectivity index (χ4n) is 6.68. The smallest absolute Gasteiger partial charge is 0.306 e. The molecule has 0 aromatic carbocycles. The normalized spacial score (nSPS) is 12.9. The van der Waals surface area contributed by atoms with Gasteiger partial charge in [-0.2, -0.15) is 0 Å². The van der Waals surface area contributed by atoms with Gasteiger partial charge < -0.3 is 14.2 Å². The Kier molecular flexibility index (Phi) is 47.0. The quantitative estimate of drug-likeness (QED) is 0.0200. The topological polar surface area (TPSA) is 78.9 Å². The van der Waals surface area contributed by atoms with Gasteiger partial charge in [0.25, 0.3) is 0 Å². The summed E-state index contributed by atoms with van der Waals surface area (Å²) < 4.78 is 16.7. The summed E-state index contributed by atoms with van der Waals surface area (Å²) in [6.45, 7) is 6.29. The van der Waals surface area contributed by atoms with Gasteiger partial charge in [0.1, 0.15) is 13.2 Å². The molecule has 0 fully saturated rings. The van der Waals surface area contributed by atoms with Gasteiger partial charge in [0, 0.05) is 19.3 Å². The second-order valence-electron chi connectivity index (χ2n) is 16.4. The van der Waals surface area contributed by atoms with Gasteiger partial charge in [-0.25, -0.2) is 0 Å². The average molecular weight is 861 g/mol. The maximum atomic E-state index is 12.7. The summed E-state index contributed by atoms with van der Waals surface area (Å²) in [4.78, 5) is 37.9. The summed E-state index contributed by atoms with van der Waals surface area (Å²) in [7, 11) is 0. The van der Waals surface area contributed by atoms with Gasteiger partial charge in [0.2, 0.25) is 0 Å². The number of hydrogen-bond acceptors (Lipinski definition) is 6. The lowest BCUT2D eigenvalue weighted by molar-refractivity contribution is -0.167. The highest BCUT2D eigenvalue weighted by Gasteiger charge is 2.19. The molecule has 62 heavy (non-hydrogen) atoms. The van der Waals surface area contributed by atoms with Crippen LogP contribution in [0.4, 0.5) is 0 Å². The minimum Gasteiger partial charge on any atom is -0.462 e. The molecule has 0 saturated carbocycles. The van der Waals surface area contributed by atoms with E-state index in [0.29, 0.717) is 19.3 Å². The van der Waals surface area contributed by atoms with Crippen LogP contribution in [0, 0.1) is 0 Å². The number of rotatable bonds is 44. The molecule has 1 atom stereocenters. The zero-order chi connectivity index (χ0) is 45.1. The molecule has 0 N–H and O–H groups in total. The van der Waals surface area contributed by atoms with Crippen molar-refractivity contribution in [1.82, 2.24) is 0 Å². The molecular weight excluding hydrogens is 769 g/mol. The number of hydrogen-bond donors (Lipinski definition) is 0. The molecular formula is C56H92O6. The predicted molar refractivity (Wildman–Crippen MR) is 265 cm³/mol. The second-order valence-corrected chi connectivity index (χ2v) is 16.4. The Hall–Kier alpha value is -3.67. The molecule has 0 amide bonds. The summed E-state index contributed by atoms with van der Waals surface area (Å²) in [5.41, 5.74) is 0. The fourth-order valence-corrected chi connectivity index (χ4v) is 6.68. The van der Waals surface area contributed by atoms with Crippen LogP contribution < -0.4 is 0 Å². The molecule has 0 aromatic rings. The summed E-state index contributed by atoms with van der Waals surface area (Å²) in [5, 5.41) is 0. The molecule has 1 unspecified atom stereocenters. The van der Waals surface area contributed by atoms with Crippen LogP contribution in [0.25, 0.3) is 0 Å². The molecule has 0 aromatic heterocycles. The monoisotopic (exact) mass is 861 g/mol. The van der Waals surface area contributed by atoms with E-state index in [0.717, 1.165) is 83.5 Å². The van der Waals surface area contributed by atoms with Crippen molar-refractivity contribution in [3.8, 4) is 0 Å². The molecule has 0 heterocycles. The van der Waals surface area contributed by atoms with Gasteiger partial charge in [-0.15, -0.1) is 0 Å². The SMILES string of the molecule is CC\C=C/C=C\C=C/C=C\C=C/CCCC(=O)OC(COC(=O)CCCCCCC/C=C\C/C=C\CC)COC(=O)CCCCCCCCC/C=C\CCCCCCCCCC. The van der Waals surface area contributed by atoms with Crippen LogP contribution in [0.15, 0.2) is 97.2 Å². The van der Waals surface area contributed by atoms with Crippen LogP contribution in [0.2, 0.25) is 0 Å². The number of esters is 3. The van der Waals surface area contributed by atoms with Crippen molar-refractivity contribution in [2.45, 2.75) is 226 Å². The first kappa shape index (κ1) is 58.3. The van der Waals surface area contributed by atoms with Crippen LogP contribution in [0.3, 0.4) is 0 Å². The highest BCUT2D eigenvalue weighted by Crippen LogP contribution is 2.14. The first-order valence-corrected chi connectivity index (χ1v) is 25.3. The molecule has 352 valence electrons. The van der Waals surface area contributed by atoms with Gasteiger partial charge in [0.05, 0.1) is 0 Å². The Morgan fingerprint density at radius 1 is 0.355 bits per heavy atom. The van der Waals surface area contributed by atoms with E-state index in [4.69, 9.17) is 14.2 Å². The van der Waals surface area contributed by atoms with Crippen LogP contribution in [0.5, 0.6) is 0 Å². The van der Waals surface area contributed by atoms with E-state index in [1.807, 2.05) is 54.7 Å². The molecule has 0 bridgehead atoms. The lowest BCUT2D eigenvalue weighted by atomic mass is 10.1. The molecule has 0 aliphatic carbocycles. The van der Waals surface area contributed by atoms with Gasteiger partial charge in [0.15, 0.2) is 6.10 Å². The number of ether oxygens (including phenoxy) is 3. The molecule has 0 aliphatic rings. The van der Waals surface area contributed by atoms with Crippen LogP contribution in [-0.2, 0) is 28.6 Å². The van der Waals surface area contributed by atoms with Gasteiger partial charge in [-0.05, 0) is 83.5 Å². The lowest BCUT2D eigenvalue weighted by Crippen LogP contribution is -2.30. The van der Waals surface area contributed by atoms with Gasteiger partial charge in [-0.1, -0.05) is 214 Å². The minimum atomic E-state index is -0.822. The van der Waals surface area contributed by atoms with E-state index in [1.165, 1.54) is 89.9 Å². The summed E-state index contributed by atoms with van der Waals surface area (Å²) in [6.07, 6.45) is 65.5. The standard InChI is InChI=1S/C56H92O6/c1-4-7-10-13-16-19-22-25-26-27-28-29-30-32-34-37-40-43-46-49-55(58)61-52-53(51-60-54(57)48-45-42-39-36-33-24-21-18-15-12-9-6-3)62-56(59)50-47-44-41-38-35-31-23-20-17-14-11-8-5-2/h8-9,11-12,14,17-18,20-21,23,27-28,31,35,38,41,53H,4-7,10,13,15-16,19,22,24-26,29-30,32-34,36-37,39-40,42-52H2,1-3H3/b11-8-,12-9-,17-14-,21-18-,23-20-,28-27-,35-31-,41-38-. The number of unbranched alkanes of at least 4 members (excludes halogenated alkanes) is 21. The number of carbonyl (C=O) groups excluding carboxylic acids is 3. The highest BCUT2D eigenvalue weighted by atomic mass is 16.6. The third-order valence-electron chi connectivity index (χ3n) is 10.4. The van der Waals surface area contributed by atoms with Crippen molar-refractivity contribution in [3.63, 3.8) is 0 Å². The van der Waals surface area contributed by atoms with Crippen molar-refractivity contribution >= 4 is 17.9 Å². The predicted octanol–water partition coefficient (Wildman–Crippen LogP) is 16.6. The molecule has 0 rings (SSSR count). The van der Waals surface area contributed by atoms with Crippen molar-refractivity contribution < 1.29 is 28.6 Å². The zero-order valence-corrected chi connectivity index (χ0v) is 40.1. The minimum absolute atomic E-state index is 0.114. The van der Waals surface area contributed by atoms with Crippen LogP contribution >= 0.6 is 0 Å². The Morgan fingerprint density at radius 2 is 0.726 bits per heavy atom. The number of allylic oxidation sites excluding steroid dienone is 16. The number of carbonyl (C=O) groups is 3. The summed E-state index contributed by atoms with van der Waals surface area (Å²) >= 11 is 0. The summed E-state index contributed by atoms with van der Waals surface area (Å²) in [5.74, 6) is -1.01. The fraction of sp³-hybridized carbons (Fsp3) is 0.661. The Morgan fingerprint density at radius 3 is 1.21 bits per heavy atom. The Balaban J connectivity index is 4.45. The van der Waals surface area contributed by atoms with E-state index in [9.17, 15) is 14.4 Å². The van der Waals surface area contributed by atoms with Crippen molar-refractivity contribution in [3.05, 3.63) is 97.2 Å². The average Bonchev–Trinajstić information content (AvgIpc) is 3.27. The van der Waals surface area contributed by atoms with E-state index in [1.54, 1.807) is 0 Å². The lowest BCUT2D eigenvalue weighted by Gasteiger charge is -2.18. The first-order chi connectivity index (χ1) is 30.5. The van der Waals surface area contributed by atoms with Crippen LogP contribution in [-0.4, -0.2) is 37.2 Å². The van der Waals surface area contributed by atoms with E-state index in [-0.39, 0.29) is 37.5 Å². The van der Waals surface area contributed by atoms with E-state index >= 15 is 0 Å². The third-order valence-corrected chi connectivity index (χ3v) is 10.4. The van der Waals surface area contributed by atoms with E-state index < -0.39 is 6.10 Å². The molecule has 0 radical (unpaired) electrons.